The lowest BCUT2D eigenvalue weighted by Crippen LogP contribution is -2.38. The van der Waals surface area contributed by atoms with Crippen molar-refractivity contribution >= 4 is 6.09 Å². The summed E-state index contributed by atoms with van der Waals surface area (Å²) >= 11 is 0. The zero-order valence-corrected chi connectivity index (χ0v) is 15.9. The van der Waals surface area contributed by atoms with E-state index in [1.54, 1.807) is 13.4 Å². The molecule has 2 saturated heterocycles. The monoisotopic (exact) mass is 370 g/mol. The number of benzene rings is 1. The number of nitrogens with one attached hydrogen (secondary N) is 1. The van der Waals surface area contributed by atoms with Crippen LogP contribution < -0.4 is 4.74 Å². The molecule has 0 spiro atoms. The lowest BCUT2D eigenvalue weighted by molar-refractivity contribution is 0.120. The summed E-state index contributed by atoms with van der Waals surface area (Å²) in [7, 11) is 1.67. The van der Waals surface area contributed by atoms with Gasteiger partial charge in [-0.2, -0.15) is 0 Å². The van der Waals surface area contributed by atoms with Crippen LogP contribution in [0.15, 0.2) is 30.6 Å². The lowest BCUT2D eigenvalue weighted by Gasteiger charge is -2.22. The summed E-state index contributed by atoms with van der Waals surface area (Å²) in [5.41, 5.74) is 3.41. The largest absolute Gasteiger partial charge is 0.497 e. The van der Waals surface area contributed by atoms with Crippen LogP contribution in [0.25, 0.3) is 0 Å². The highest BCUT2D eigenvalue weighted by molar-refractivity contribution is 5.71. The van der Waals surface area contributed by atoms with E-state index in [9.17, 15) is 4.79 Å². The minimum Gasteiger partial charge on any atom is -0.497 e. The molecule has 0 aliphatic carbocycles. The Bertz CT molecular complexity index is 789. The van der Waals surface area contributed by atoms with Gasteiger partial charge in [-0.15, -0.1) is 0 Å². The summed E-state index contributed by atoms with van der Waals surface area (Å²) in [6, 6.07) is 8.25. The minimum atomic E-state index is -0.171. The first-order chi connectivity index (χ1) is 13.1. The Balaban J connectivity index is 1.30. The van der Waals surface area contributed by atoms with Crippen molar-refractivity contribution in [2.24, 2.45) is 0 Å². The van der Waals surface area contributed by atoms with Gasteiger partial charge in [0, 0.05) is 31.9 Å². The number of ether oxygens (including phenoxy) is 2. The van der Waals surface area contributed by atoms with Gasteiger partial charge in [0.1, 0.15) is 11.9 Å². The average molecular weight is 370 g/mol. The molecule has 7 heteroatoms. The summed E-state index contributed by atoms with van der Waals surface area (Å²) in [5, 5.41) is 0. The van der Waals surface area contributed by atoms with Crippen LogP contribution in [0.2, 0.25) is 0 Å². The molecule has 27 heavy (non-hydrogen) atoms. The van der Waals surface area contributed by atoms with Gasteiger partial charge in [-0.1, -0.05) is 12.1 Å². The number of amides is 1. The van der Waals surface area contributed by atoms with E-state index in [1.165, 1.54) is 5.56 Å². The van der Waals surface area contributed by atoms with Crippen LogP contribution in [0.3, 0.4) is 0 Å². The molecule has 144 valence electrons. The molecular formula is C20H26N4O3. The molecule has 2 aromatic rings. The van der Waals surface area contributed by atoms with E-state index in [0.717, 1.165) is 56.2 Å². The van der Waals surface area contributed by atoms with Gasteiger partial charge in [0.2, 0.25) is 0 Å². The number of aryl methyl sites for hydroxylation is 2. The van der Waals surface area contributed by atoms with E-state index >= 15 is 0 Å². The minimum absolute atomic E-state index is 0.0299. The van der Waals surface area contributed by atoms with Crippen LogP contribution in [-0.4, -0.2) is 64.8 Å². The number of hydrogen-bond acceptors (Lipinski definition) is 5. The number of carbonyl (C=O) groups is 1. The number of nitrogens with zero attached hydrogens (tertiary/aromatic N) is 3. The van der Waals surface area contributed by atoms with Gasteiger partial charge in [0.15, 0.2) is 0 Å². The molecule has 7 nitrogen and oxygen atoms in total. The van der Waals surface area contributed by atoms with E-state index in [-0.39, 0.29) is 18.2 Å². The van der Waals surface area contributed by atoms with E-state index in [0.29, 0.717) is 0 Å². The Kier molecular flexibility index (Phi) is 5.03. The Morgan fingerprint density at radius 3 is 2.81 bits per heavy atom. The normalized spacial score (nSPS) is 22.1. The fourth-order valence-electron chi connectivity index (χ4n) is 3.97. The maximum atomic E-state index is 12.2. The molecule has 1 aromatic carbocycles. The number of imidazole rings is 1. The quantitative estimate of drug-likeness (QED) is 0.810. The van der Waals surface area contributed by atoms with Gasteiger partial charge in [0.05, 0.1) is 25.2 Å². The summed E-state index contributed by atoms with van der Waals surface area (Å²) in [6.45, 7) is 5.16. The van der Waals surface area contributed by atoms with Crippen molar-refractivity contribution in [3.8, 4) is 5.75 Å². The van der Waals surface area contributed by atoms with Crippen LogP contribution in [0, 0.1) is 6.92 Å². The van der Waals surface area contributed by atoms with Crippen LogP contribution in [0.1, 0.15) is 23.4 Å². The lowest BCUT2D eigenvalue weighted by atomic mass is 10.1. The molecule has 2 aliphatic rings. The zero-order chi connectivity index (χ0) is 18.8. The van der Waals surface area contributed by atoms with Crippen molar-refractivity contribution in [1.82, 2.24) is 19.8 Å². The van der Waals surface area contributed by atoms with Gasteiger partial charge in [-0.3, -0.25) is 4.90 Å². The average Bonchev–Trinajstić information content (AvgIpc) is 3.32. The van der Waals surface area contributed by atoms with Crippen molar-refractivity contribution in [3.05, 3.63) is 47.5 Å². The first-order valence-corrected chi connectivity index (χ1v) is 9.45. The van der Waals surface area contributed by atoms with E-state index in [2.05, 4.69) is 27.0 Å². The smallest absolute Gasteiger partial charge is 0.410 e. The Hall–Kier alpha value is -2.54. The number of H-pyrrole nitrogens is 1. The van der Waals surface area contributed by atoms with Crippen molar-refractivity contribution in [2.75, 3.05) is 26.7 Å². The van der Waals surface area contributed by atoms with Gasteiger partial charge in [0.25, 0.3) is 0 Å². The fourth-order valence-corrected chi connectivity index (χ4v) is 3.97. The summed E-state index contributed by atoms with van der Waals surface area (Å²) in [5.74, 6) is 0.864. The first kappa shape index (κ1) is 17.9. The van der Waals surface area contributed by atoms with E-state index in [4.69, 9.17) is 9.47 Å². The van der Waals surface area contributed by atoms with Gasteiger partial charge in [-0.05, 0) is 37.5 Å². The molecule has 0 saturated carbocycles. The number of likely N-dealkylation sites (tertiary alicyclic amines) is 1. The van der Waals surface area contributed by atoms with E-state index in [1.807, 2.05) is 24.0 Å². The molecular weight excluding hydrogens is 344 g/mol. The van der Waals surface area contributed by atoms with Crippen molar-refractivity contribution in [2.45, 2.75) is 38.5 Å². The maximum Gasteiger partial charge on any atom is 0.410 e. The second-order valence-corrected chi connectivity index (χ2v) is 7.30. The SMILES string of the molecule is COc1ccc(CCCN2C(=O)O[C@@H]3CN(Cc4nc[nH]c4C)C[C@@H]32)cc1. The number of methoxy groups -OCH3 is 1. The molecule has 4 rings (SSSR count). The summed E-state index contributed by atoms with van der Waals surface area (Å²) in [6.07, 6.45) is 3.38. The Labute approximate surface area is 159 Å². The standard InChI is InChI=1S/C20H26N4O3/c1-14-17(22-13-21-14)10-23-11-18-19(12-23)27-20(25)24(18)9-3-4-15-5-7-16(26-2)8-6-15/h5-8,13,18-19H,3-4,9-12H2,1-2H3,(H,21,22)/t18-,19+/m0/s1. The third-order valence-electron chi connectivity index (χ3n) is 5.53. The highest BCUT2D eigenvalue weighted by Crippen LogP contribution is 2.28. The maximum absolute atomic E-state index is 12.2. The predicted octanol–water partition coefficient (Wildman–Crippen LogP) is 2.36. The van der Waals surface area contributed by atoms with Gasteiger partial charge < -0.3 is 19.4 Å². The molecule has 2 aliphatic heterocycles. The molecule has 1 amide bonds. The van der Waals surface area contributed by atoms with E-state index < -0.39 is 0 Å². The number of aromatic nitrogens is 2. The highest BCUT2D eigenvalue weighted by atomic mass is 16.6. The van der Waals surface area contributed by atoms with Gasteiger partial charge in [-0.25, -0.2) is 9.78 Å². The van der Waals surface area contributed by atoms with Crippen LogP contribution in [0.5, 0.6) is 5.75 Å². The summed E-state index contributed by atoms with van der Waals surface area (Å²) in [4.78, 5) is 24.0. The van der Waals surface area contributed by atoms with Crippen molar-refractivity contribution < 1.29 is 14.3 Å². The topological polar surface area (TPSA) is 70.7 Å². The molecule has 1 aromatic heterocycles. The molecule has 0 unspecified atom stereocenters. The second kappa shape index (κ2) is 7.60. The predicted molar refractivity (Wildman–Crippen MR) is 101 cm³/mol. The molecule has 0 bridgehead atoms. The molecule has 3 heterocycles. The molecule has 2 fully saturated rings. The number of fused-ring (bicyclic) bond motifs is 1. The van der Waals surface area contributed by atoms with Crippen LogP contribution in [0.4, 0.5) is 4.79 Å². The number of aromatic amines is 1. The number of carbonyl (C=O) groups excluding carboxylic acids is 1. The fraction of sp³-hybridized carbons (Fsp3) is 0.500. The zero-order valence-electron chi connectivity index (χ0n) is 15.9. The third-order valence-corrected chi connectivity index (χ3v) is 5.53. The Morgan fingerprint density at radius 2 is 2.11 bits per heavy atom. The van der Waals surface area contributed by atoms with Crippen molar-refractivity contribution in [3.63, 3.8) is 0 Å². The Morgan fingerprint density at radius 1 is 1.30 bits per heavy atom. The molecule has 0 radical (unpaired) electrons. The molecule has 1 N–H and O–H groups in total. The van der Waals surface area contributed by atoms with Crippen LogP contribution >= 0.6 is 0 Å². The van der Waals surface area contributed by atoms with Crippen molar-refractivity contribution in [1.29, 1.82) is 0 Å². The van der Waals surface area contributed by atoms with Gasteiger partial charge >= 0.3 is 6.09 Å². The first-order valence-electron chi connectivity index (χ1n) is 9.45. The highest BCUT2D eigenvalue weighted by Gasteiger charge is 2.47. The summed E-state index contributed by atoms with van der Waals surface area (Å²) < 4.78 is 10.8. The van der Waals surface area contributed by atoms with Crippen LogP contribution in [-0.2, 0) is 17.7 Å². The third kappa shape index (κ3) is 3.78. The number of rotatable bonds is 7. The second-order valence-electron chi connectivity index (χ2n) is 7.30. The number of hydrogen-bond donors (Lipinski definition) is 1. The molecule has 2 atom stereocenters.